The number of fused-ring (bicyclic) bond motifs is 2. The van der Waals surface area contributed by atoms with Gasteiger partial charge in [0.05, 0.1) is 16.8 Å². The van der Waals surface area contributed by atoms with E-state index in [-0.39, 0.29) is 17.0 Å². The van der Waals surface area contributed by atoms with Gasteiger partial charge in [-0.25, -0.2) is 0 Å². The molecule has 4 nitrogen and oxygen atoms in total. The number of hydrogen-bond acceptors (Lipinski definition) is 4. The fraction of sp³-hybridized carbons (Fsp3) is 0.167. The summed E-state index contributed by atoms with van der Waals surface area (Å²) in [6, 6.07) is 13.4. The second kappa shape index (κ2) is 5.94. The molecule has 2 aromatic rings. The van der Waals surface area contributed by atoms with E-state index < -0.39 is 0 Å². The van der Waals surface area contributed by atoms with Crippen molar-refractivity contribution in [1.29, 1.82) is 0 Å². The van der Waals surface area contributed by atoms with E-state index in [0.717, 1.165) is 28.2 Å². The van der Waals surface area contributed by atoms with Gasteiger partial charge in [-0.3, -0.25) is 9.79 Å². The molecule has 2 aromatic carbocycles. The van der Waals surface area contributed by atoms with Gasteiger partial charge in [-0.1, -0.05) is 43.6 Å². The predicted octanol–water partition coefficient (Wildman–Crippen LogP) is 5.52. The highest BCUT2D eigenvalue weighted by molar-refractivity contribution is 6.33. The van der Waals surface area contributed by atoms with Gasteiger partial charge in [0.2, 0.25) is 5.78 Å². The monoisotopic (exact) mass is 402 g/mol. The van der Waals surface area contributed by atoms with Gasteiger partial charge in [-0.15, -0.1) is 0 Å². The second-order valence-corrected chi connectivity index (χ2v) is 8.47. The van der Waals surface area contributed by atoms with Crippen molar-refractivity contribution >= 4 is 40.5 Å². The third-order valence-electron chi connectivity index (χ3n) is 6.04. The van der Waals surface area contributed by atoms with Crippen LogP contribution >= 0.6 is 11.6 Å². The minimum absolute atomic E-state index is 0.0267. The van der Waals surface area contributed by atoms with Crippen LogP contribution in [-0.2, 0) is 10.2 Å². The molecule has 0 bridgehead atoms. The zero-order valence-electron chi connectivity index (χ0n) is 16.3. The summed E-state index contributed by atoms with van der Waals surface area (Å²) in [7, 11) is 1.97. The maximum absolute atomic E-state index is 13.0. The number of carbonyl (C=O) groups excluding carboxylic acids is 1. The van der Waals surface area contributed by atoms with Gasteiger partial charge in [0.1, 0.15) is 5.76 Å². The molecule has 0 spiro atoms. The number of aliphatic hydroxyl groups is 1. The predicted molar refractivity (Wildman–Crippen MR) is 117 cm³/mol. The quantitative estimate of drug-likeness (QED) is 0.639. The lowest BCUT2D eigenvalue weighted by atomic mass is 9.79. The van der Waals surface area contributed by atoms with Crippen LogP contribution in [0.2, 0.25) is 5.02 Å². The van der Waals surface area contributed by atoms with E-state index in [4.69, 9.17) is 11.6 Å². The molecule has 2 aliphatic heterocycles. The number of aliphatic hydroxyl groups excluding tert-OH is 1. The van der Waals surface area contributed by atoms with Gasteiger partial charge in [0.15, 0.2) is 0 Å². The number of carbonyl (C=O) groups is 1. The molecule has 0 amide bonds. The highest BCUT2D eigenvalue weighted by Gasteiger charge is 2.42. The molecule has 0 fully saturated rings. The minimum Gasteiger partial charge on any atom is -0.506 e. The van der Waals surface area contributed by atoms with Crippen molar-refractivity contribution in [3.05, 3.63) is 87.3 Å². The van der Waals surface area contributed by atoms with Gasteiger partial charge in [-0.05, 0) is 35.9 Å². The van der Waals surface area contributed by atoms with Gasteiger partial charge in [0.25, 0.3) is 0 Å². The summed E-state index contributed by atoms with van der Waals surface area (Å²) in [5.41, 5.74) is 5.78. The van der Waals surface area contributed by atoms with Gasteiger partial charge < -0.3 is 10.0 Å². The van der Waals surface area contributed by atoms with Crippen molar-refractivity contribution < 1.29 is 9.90 Å². The number of likely N-dealkylation sites (N-methyl/N-ethyl adjacent to an activating group) is 1. The average Bonchev–Trinajstić information content (AvgIpc) is 3.18. The number of allylic oxidation sites excluding steroid dienone is 5. The molecular weight excluding hydrogens is 384 g/mol. The summed E-state index contributed by atoms with van der Waals surface area (Å²) < 4.78 is 0. The Morgan fingerprint density at radius 1 is 1.17 bits per heavy atom. The third kappa shape index (κ3) is 2.39. The largest absolute Gasteiger partial charge is 0.506 e. The SMILES string of the molecule is CN1/C(=C\C2=C(O)C(=C3/C=Nc4ccccc43)/C2=O)C(C)(C)c2cc(Cl)ccc21. The van der Waals surface area contributed by atoms with Crippen LogP contribution in [0, 0.1) is 0 Å². The number of nitrogens with zero attached hydrogens (tertiary/aromatic N) is 2. The van der Waals surface area contributed by atoms with Crippen LogP contribution in [0.1, 0.15) is 25.0 Å². The summed E-state index contributed by atoms with van der Waals surface area (Å²) in [4.78, 5) is 19.4. The summed E-state index contributed by atoms with van der Waals surface area (Å²) in [5.74, 6) is -0.134. The number of hydrogen-bond donors (Lipinski definition) is 1. The van der Waals surface area contributed by atoms with Crippen LogP contribution < -0.4 is 4.90 Å². The number of para-hydroxylation sites is 1. The molecule has 2 heterocycles. The van der Waals surface area contributed by atoms with E-state index in [1.54, 1.807) is 12.3 Å². The number of halogens is 1. The van der Waals surface area contributed by atoms with Crippen molar-refractivity contribution in [3.8, 4) is 0 Å². The fourth-order valence-corrected chi connectivity index (χ4v) is 4.60. The first-order valence-electron chi connectivity index (χ1n) is 9.42. The standard InChI is InChI=1S/C24H19ClN2O2/c1-24(2)17-10-13(25)8-9-19(17)27(3)20(24)11-15-22(28)21(23(15)29)16-12-26-18-7-5-4-6-14(16)18/h4-12,28H,1-3H3/b20-11-,21-16+. The van der Waals surface area contributed by atoms with E-state index in [0.29, 0.717) is 21.7 Å². The Bertz CT molecular complexity index is 1230. The topological polar surface area (TPSA) is 52.9 Å². The number of rotatable bonds is 1. The summed E-state index contributed by atoms with van der Waals surface area (Å²) in [6.07, 6.45) is 3.45. The zero-order chi connectivity index (χ0) is 20.5. The summed E-state index contributed by atoms with van der Waals surface area (Å²) >= 11 is 6.21. The molecule has 0 saturated carbocycles. The molecule has 1 aliphatic carbocycles. The summed E-state index contributed by atoms with van der Waals surface area (Å²) in [6.45, 7) is 4.19. The maximum Gasteiger partial charge on any atom is 0.201 e. The molecule has 29 heavy (non-hydrogen) atoms. The van der Waals surface area contributed by atoms with Crippen molar-refractivity contribution in [2.24, 2.45) is 4.99 Å². The summed E-state index contributed by atoms with van der Waals surface area (Å²) in [5, 5.41) is 11.4. The molecule has 5 heteroatoms. The normalized spacial score (nSPS) is 23.0. The molecule has 0 saturated heterocycles. The smallest absolute Gasteiger partial charge is 0.201 e. The van der Waals surface area contributed by atoms with Crippen LogP contribution in [0.15, 0.2) is 76.1 Å². The molecule has 5 rings (SSSR count). The average molecular weight is 403 g/mol. The van der Waals surface area contributed by atoms with Gasteiger partial charge >= 0.3 is 0 Å². The van der Waals surface area contributed by atoms with Crippen molar-refractivity contribution in [2.45, 2.75) is 19.3 Å². The Labute approximate surface area is 174 Å². The number of aliphatic imine (C=N–C) groups is 1. The van der Waals surface area contributed by atoms with E-state index >= 15 is 0 Å². The van der Waals surface area contributed by atoms with Crippen molar-refractivity contribution in [2.75, 3.05) is 11.9 Å². The van der Waals surface area contributed by atoms with Crippen LogP contribution in [0.4, 0.5) is 11.4 Å². The second-order valence-electron chi connectivity index (χ2n) is 8.03. The Morgan fingerprint density at radius 3 is 2.69 bits per heavy atom. The number of ketones is 1. The fourth-order valence-electron chi connectivity index (χ4n) is 4.42. The van der Waals surface area contributed by atoms with Gasteiger partial charge in [0, 0.05) is 46.2 Å². The van der Waals surface area contributed by atoms with Crippen LogP contribution in [-0.4, -0.2) is 24.2 Å². The van der Waals surface area contributed by atoms with E-state index in [9.17, 15) is 9.90 Å². The van der Waals surface area contributed by atoms with E-state index in [2.05, 4.69) is 23.7 Å². The lowest BCUT2D eigenvalue weighted by Crippen LogP contribution is -2.27. The van der Waals surface area contributed by atoms with Gasteiger partial charge in [-0.2, -0.15) is 0 Å². The first kappa shape index (κ1) is 18.0. The molecule has 0 atom stereocenters. The van der Waals surface area contributed by atoms with E-state index in [1.807, 2.05) is 49.5 Å². The van der Waals surface area contributed by atoms with E-state index in [1.165, 1.54) is 0 Å². The molecule has 1 N–H and O–H groups in total. The number of benzene rings is 2. The molecule has 0 unspecified atom stereocenters. The van der Waals surface area contributed by atoms with Crippen LogP contribution in [0.5, 0.6) is 0 Å². The highest BCUT2D eigenvalue weighted by atomic mass is 35.5. The van der Waals surface area contributed by atoms with Crippen molar-refractivity contribution in [1.82, 2.24) is 0 Å². The minimum atomic E-state index is -0.340. The van der Waals surface area contributed by atoms with Crippen LogP contribution in [0.3, 0.4) is 0 Å². The first-order valence-corrected chi connectivity index (χ1v) is 9.80. The highest BCUT2D eigenvalue weighted by Crippen LogP contribution is 2.49. The number of anilines is 1. The maximum atomic E-state index is 13.0. The van der Waals surface area contributed by atoms with Crippen molar-refractivity contribution in [3.63, 3.8) is 0 Å². The molecular formula is C24H19ClN2O2. The van der Waals surface area contributed by atoms with Crippen LogP contribution in [0.25, 0.3) is 5.57 Å². The number of Topliss-reactive ketones (excluding diaryl/α,β-unsaturated/α-hetero) is 1. The Morgan fingerprint density at radius 2 is 1.93 bits per heavy atom. The Balaban J connectivity index is 1.61. The lowest BCUT2D eigenvalue weighted by molar-refractivity contribution is -0.113. The molecule has 0 aromatic heterocycles. The molecule has 0 radical (unpaired) electrons. The zero-order valence-corrected chi connectivity index (χ0v) is 17.1. The lowest BCUT2D eigenvalue weighted by Gasteiger charge is -2.27. The third-order valence-corrected chi connectivity index (χ3v) is 6.27. The molecule has 144 valence electrons. The Hall–Kier alpha value is -3.11. The Kier molecular flexibility index (Phi) is 3.68. The first-order chi connectivity index (χ1) is 13.8. The molecule has 3 aliphatic rings.